The Hall–Kier alpha value is -2.00. The Morgan fingerprint density at radius 1 is 1.44 bits per heavy atom. The van der Waals surface area contributed by atoms with Crippen LogP contribution in [0.3, 0.4) is 0 Å². The third-order valence-corrected chi connectivity index (χ3v) is 2.60. The van der Waals surface area contributed by atoms with E-state index in [2.05, 4.69) is 10.0 Å². The first-order valence-electron chi connectivity index (χ1n) is 4.82. The van der Waals surface area contributed by atoms with Crippen LogP contribution in [0.5, 0.6) is 0 Å². The molecule has 5 heteroatoms. The molecule has 0 fully saturated rings. The Kier molecular flexibility index (Phi) is 3.53. The Labute approximate surface area is 93.3 Å². The zero-order valence-corrected chi connectivity index (χ0v) is 9.16. The summed E-state index contributed by atoms with van der Waals surface area (Å²) < 4.78 is 0. The molecule has 0 aliphatic carbocycles. The highest BCUT2D eigenvalue weighted by atomic mass is 16.4. The van der Waals surface area contributed by atoms with Crippen molar-refractivity contribution in [2.45, 2.75) is 25.3 Å². The minimum Gasteiger partial charge on any atom is -0.481 e. The Bertz CT molecular complexity index is 420. The zero-order chi connectivity index (χ0) is 12.2. The number of carbonyl (C=O) groups is 1. The molecule has 0 amide bonds. The van der Waals surface area contributed by atoms with Gasteiger partial charge in [-0.1, -0.05) is 49.3 Å². The Morgan fingerprint density at radius 3 is 2.44 bits per heavy atom. The van der Waals surface area contributed by atoms with Crippen LogP contribution in [0.1, 0.15) is 19.4 Å². The molecule has 0 aliphatic rings. The number of rotatable bonds is 4. The molecule has 0 radical (unpaired) electrons. The highest BCUT2D eigenvalue weighted by Crippen LogP contribution is 2.29. The molecule has 16 heavy (non-hydrogen) atoms. The van der Waals surface area contributed by atoms with Crippen molar-refractivity contribution in [3.8, 4) is 0 Å². The maximum absolute atomic E-state index is 11.0. The fourth-order valence-corrected chi connectivity index (χ4v) is 1.58. The van der Waals surface area contributed by atoms with E-state index >= 15 is 0 Å². The fourth-order valence-electron chi connectivity index (χ4n) is 1.58. The third-order valence-electron chi connectivity index (χ3n) is 2.60. The van der Waals surface area contributed by atoms with E-state index in [0.29, 0.717) is 0 Å². The lowest BCUT2D eigenvalue weighted by Crippen LogP contribution is -2.38. The molecule has 0 saturated carbocycles. The van der Waals surface area contributed by atoms with Crippen LogP contribution in [0.15, 0.2) is 35.4 Å². The largest absolute Gasteiger partial charge is 0.481 e. The van der Waals surface area contributed by atoms with Gasteiger partial charge in [-0.05, 0) is 11.1 Å². The number of nitrogens with zero attached hydrogens (tertiary/aromatic N) is 3. The summed E-state index contributed by atoms with van der Waals surface area (Å²) >= 11 is 0. The van der Waals surface area contributed by atoms with Gasteiger partial charge in [0.05, 0.1) is 0 Å². The highest BCUT2D eigenvalue weighted by molar-refractivity contribution is 5.76. The second kappa shape index (κ2) is 4.68. The van der Waals surface area contributed by atoms with Crippen LogP contribution in [0.25, 0.3) is 10.4 Å². The standard InChI is InChI=1S/C11H13N3O2/c1-11(2,8-6-4-3-5-7-8)9(10(15)16)13-14-12/h3-7,9H,1-2H3,(H,15,16)/t9-/m0/s1. The number of aliphatic carboxylic acids is 1. The van der Waals surface area contributed by atoms with Crippen molar-refractivity contribution in [1.29, 1.82) is 0 Å². The first-order valence-corrected chi connectivity index (χ1v) is 4.82. The molecule has 5 nitrogen and oxygen atoms in total. The van der Waals surface area contributed by atoms with E-state index in [-0.39, 0.29) is 0 Å². The topological polar surface area (TPSA) is 86.1 Å². The summed E-state index contributed by atoms with van der Waals surface area (Å²) in [6.45, 7) is 3.49. The Balaban J connectivity index is 3.17. The van der Waals surface area contributed by atoms with E-state index in [1.54, 1.807) is 13.8 Å². The lowest BCUT2D eigenvalue weighted by molar-refractivity contribution is -0.140. The van der Waals surface area contributed by atoms with Gasteiger partial charge in [-0.2, -0.15) is 0 Å². The second-order valence-electron chi connectivity index (χ2n) is 4.03. The molecule has 1 rings (SSSR count). The van der Waals surface area contributed by atoms with E-state index in [1.807, 2.05) is 30.3 Å². The van der Waals surface area contributed by atoms with Crippen LogP contribution >= 0.6 is 0 Å². The van der Waals surface area contributed by atoms with Gasteiger partial charge in [0.1, 0.15) is 6.04 Å². The minimum absolute atomic E-state index is 0.737. The predicted octanol–water partition coefficient (Wildman–Crippen LogP) is 2.73. The monoisotopic (exact) mass is 219 g/mol. The molecule has 84 valence electrons. The number of carboxylic acid groups (broad SMARTS) is 1. The summed E-state index contributed by atoms with van der Waals surface area (Å²) in [5.74, 6) is -1.12. The first-order chi connectivity index (χ1) is 7.50. The van der Waals surface area contributed by atoms with Crippen LogP contribution < -0.4 is 0 Å². The van der Waals surface area contributed by atoms with Gasteiger partial charge in [-0.3, -0.25) is 4.79 Å². The maximum atomic E-state index is 11.0. The summed E-state index contributed by atoms with van der Waals surface area (Å²) in [5, 5.41) is 12.4. The van der Waals surface area contributed by atoms with Gasteiger partial charge < -0.3 is 5.11 Å². The summed E-state index contributed by atoms with van der Waals surface area (Å²) in [6, 6.07) is 8.03. The molecule has 0 unspecified atom stereocenters. The molecular weight excluding hydrogens is 206 g/mol. The van der Waals surface area contributed by atoms with Crippen molar-refractivity contribution >= 4 is 5.97 Å². The molecule has 1 atom stereocenters. The second-order valence-corrected chi connectivity index (χ2v) is 4.03. The van der Waals surface area contributed by atoms with Crippen molar-refractivity contribution in [3.63, 3.8) is 0 Å². The van der Waals surface area contributed by atoms with Crippen molar-refractivity contribution in [2.75, 3.05) is 0 Å². The van der Waals surface area contributed by atoms with Gasteiger partial charge in [-0.15, -0.1) is 0 Å². The quantitative estimate of drug-likeness (QED) is 0.479. The van der Waals surface area contributed by atoms with Crippen LogP contribution in [0.2, 0.25) is 0 Å². The number of benzene rings is 1. The molecule has 0 heterocycles. The van der Waals surface area contributed by atoms with E-state index in [4.69, 9.17) is 10.6 Å². The van der Waals surface area contributed by atoms with Crippen molar-refractivity contribution < 1.29 is 9.90 Å². The molecule has 0 spiro atoms. The molecule has 1 aromatic rings. The molecule has 0 aliphatic heterocycles. The number of carboxylic acids is 1. The van der Waals surface area contributed by atoms with Gasteiger partial charge in [0, 0.05) is 10.3 Å². The molecule has 0 saturated heterocycles. The van der Waals surface area contributed by atoms with Crippen molar-refractivity contribution in [3.05, 3.63) is 46.3 Å². The van der Waals surface area contributed by atoms with E-state index in [9.17, 15) is 4.79 Å². The van der Waals surface area contributed by atoms with Gasteiger partial charge in [-0.25, -0.2) is 0 Å². The van der Waals surface area contributed by atoms with Crippen LogP contribution in [-0.2, 0) is 10.2 Å². The van der Waals surface area contributed by atoms with Crippen molar-refractivity contribution in [1.82, 2.24) is 0 Å². The lowest BCUT2D eigenvalue weighted by Gasteiger charge is -2.28. The smallest absolute Gasteiger partial charge is 0.313 e. The van der Waals surface area contributed by atoms with Crippen molar-refractivity contribution in [2.24, 2.45) is 5.11 Å². The Morgan fingerprint density at radius 2 is 2.00 bits per heavy atom. The fraction of sp³-hybridized carbons (Fsp3) is 0.364. The van der Waals surface area contributed by atoms with Gasteiger partial charge in [0.25, 0.3) is 0 Å². The number of hydrogen-bond donors (Lipinski definition) is 1. The van der Waals surface area contributed by atoms with Gasteiger partial charge >= 0.3 is 5.97 Å². The summed E-state index contributed by atoms with van der Waals surface area (Å²) in [5.41, 5.74) is 8.48. The summed E-state index contributed by atoms with van der Waals surface area (Å²) in [6.07, 6.45) is 0. The summed E-state index contributed by atoms with van der Waals surface area (Å²) in [7, 11) is 0. The average Bonchev–Trinajstić information content (AvgIpc) is 2.26. The third kappa shape index (κ3) is 2.32. The minimum atomic E-state index is -1.12. The highest BCUT2D eigenvalue weighted by Gasteiger charge is 2.35. The maximum Gasteiger partial charge on any atom is 0.313 e. The van der Waals surface area contributed by atoms with Gasteiger partial charge in [0.15, 0.2) is 0 Å². The van der Waals surface area contributed by atoms with Crippen LogP contribution in [0.4, 0.5) is 0 Å². The molecule has 1 N–H and O–H groups in total. The number of azide groups is 1. The van der Waals surface area contributed by atoms with E-state index in [0.717, 1.165) is 5.56 Å². The van der Waals surface area contributed by atoms with E-state index < -0.39 is 17.4 Å². The summed E-state index contributed by atoms with van der Waals surface area (Å²) in [4.78, 5) is 13.6. The average molecular weight is 219 g/mol. The predicted molar refractivity (Wildman–Crippen MR) is 60.0 cm³/mol. The van der Waals surface area contributed by atoms with Crippen LogP contribution in [-0.4, -0.2) is 17.1 Å². The molecule has 1 aromatic carbocycles. The SMILES string of the molecule is CC(C)(c1ccccc1)[C@@H](N=[N+]=[N-])C(=O)O. The molecular formula is C11H13N3O2. The molecule has 0 aromatic heterocycles. The first kappa shape index (κ1) is 12.1. The van der Waals surface area contributed by atoms with E-state index in [1.165, 1.54) is 0 Å². The van der Waals surface area contributed by atoms with Gasteiger partial charge in [0.2, 0.25) is 0 Å². The lowest BCUT2D eigenvalue weighted by atomic mass is 9.78. The normalized spacial score (nSPS) is 12.6. The molecule has 0 bridgehead atoms. The zero-order valence-electron chi connectivity index (χ0n) is 9.16. The number of hydrogen-bond acceptors (Lipinski definition) is 2. The van der Waals surface area contributed by atoms with Crippen LogP contribution in [0, 0.1) is 0 Å².